The average molecular weight is 273 g/mol. The summed E-state index contributed by atoms with van der Waals surface area (Å²) in [5.41, 5.74) is 1.57. The van der Waals surface area contributed by atoms with Crippen LogP contribution in [0.15, 0.2) is 24.3 Å². The zero-order valence-electron chi connectivity index (χ0n) is 10.4. The molecule has 1 unspecified atom stereocenters. The summed E-state index contributed by atoms with van der Waals surface area (Å²) in [5.74, 6) is -1.75. The molecule has 3 rings (SSSR count). The van der Waals surface area contributed by atoms with Crippen molar-refractivity contribution in [3.8, 4) is 0 Å². The van der Waals surface area contributed by atoms with E-state index in [1.165, 1.54) is 4.90 Å². The van der Waals surface area contributed by atoms with E-state index in [9.17, 15) is 14.7 Å². The zero-order valence-corrected chi connectivity index (χ0v) is 10.4. The van der Waals surface area contributed by atoms with E-state index in [2.05, 4.69) is 20.6 Å². The largest absolute Gasteiger partial charge is 0.479 e. The minimum atomic E-state index is -1.08. The van der Waals surface area contributed by atoms with E-state index in [-0.39, 0.29) is 5.82 Å². The molecule has 20 heavy (non-hydrogen) atoms. The summed E-state index contributed by atoms with van der Waals surface area (Å²) in [6.07, 6.45) is 0.601. The predicted molar refractivity (Wildman–Crippen MR) is 65.7 cm³/mol. The number of carbonyl (C=O) groups is 2. The van der Waals surface area contributed by atoms with Crippen molar-refractivity contribution in [1.29, 1.82) is 0 Å². The summed E-state index contributed by atoms with van der Waals surface area (Å²) >= 11 is 0. The number of aromatic amines is 1. The summed E-state index contributed by atoms with van der Waals surface area (Å²) in [7, 11) is 0. The van der Waals surface area contributed by atoms with Crippen molar-refractivity contribution in [2.75, 3.05) is 6.54 Å². The monoisotopic (exact) mass is 273 g/mol. The Kier molecular flexibility index (Phi) is 2.90. The van der Waals surface area contributed by atoms with E-state index in [1.807, 2.05) is 12.1 Å². The van der Waals surface area contributed by atoms with E-state index in [0.717, 1.165) is 5.56 Å². The number of carboxylic acids is 1. The van der Waals surface area contributed by atoms with Crippen LogP contribution < -0.4 is 0 Å². The lowest BCUT2D eigenvalue weighted by atomic mass is 9.92. The summed E-state index contributed by atoms with van der Waals surface area (Å²) in [4.78, 5) is 25.1. The molecule has 0 radical (unpaired) electrons. The summed E-state index contributed by atoms with van der Waals surface area (Å²) in [5, 5.41) is 22.2. The minimum absolute atomic E-state index is 0.129. The molecule has 0 aliphatic carbocycles. The number of nitrogens with one attached hydrogen (secondary N) is 1. The fraction of sp³-hybridized carbons (Fsp3) is 0.250. The Bertz CT molecular complexity index is 655. The van der Waals surface area contributed by atoms with Gasteiger partial charge < -0.3 is 10.0 Å². The highest BCUT2D eigenvalue weighted by Crippen LogP contribution is 2.30. The number of rotatable bonds is 2. The van der Waals surface area contributed by atoms with Gasteiger partial charge in [0.1, 0.15) is 0 Å². The fourth-order valence-electron chi connectivity index (χ4n) is 2.43. The number of nitrogens with zero attached hydrogens (tertiary/aromatic N) is 4. The maximum absolute atomic E-state index is 12.3. The van der Waals surface area contributed by atoms with Gasteiger partial charge in [0, 0.05) is 6.54 Å². The van der Waals surface area contributed by atoms with Crippen LogP contribution in [0.2, 0.25) is 0 Å². The first-order valence-electron chi connectivity index (χ1n) is 6.03. The molecule has 0 saturated carbocycles. The Morgan fingerprint density at radius 1 is 1.35 bits per heavy atom. The van der Waals surface area contributed by atoms with Crippen LogP contribution in [0.4, 0.5) is 0 Å². The lowest BCUT2D eigenvalue weighted by Gasteiger charge is -2.33. The van der Waals surface area contributed by atoms with Gasteiger partial charge in [-0.2, -0.15) is 5.21 Å². The fourth-order valence-corrected chi connectivity index (χ4v) is 2.43. The molecule has 1 aromatic heterocycles. The van der Waals surface area contributed by atoms with Gasteiger partial charge in [0.15, 0.2) is 6.04 Å². The highest BCUT2D eigenvalue weighted by molar-refractivity contribution is 5.94. The van der Waals surface area contributed by atoms with Crippen LogP contribution >= 0.6 is 0 Å². The first-order valence-corrected chi connectivity index (χ1v) is 6.03. The van der Waals surface area contributed by atoms with Crippen molar-refractivity contribution in [1.82, 2.24) is 25.5 Å². The highest BCUT2D eigenvalue weighted by atomic mass is 16.4. The summed E-state index contributed by atoms with van der Waals surface area (Å²) in [6.45, 7) is 0.307. The molecule has 0 fully saturated rings. The van der Waals surface area contributed by atoms with Gasteiger partial charge in [-0.25, -0.2) is 4.79 Å². The molecule has 8 heteroatoms. The number of H-pyrrole nitrogens is 1. The number of carbonyl (C=O) groups excluding carboxylic acids is 1. The Balaban J connectivity index is 2.01. The van der Waals surface area contributed by atoms with Crippen LogP contribution in [0.5, 0.6) is 0 Å². The van der Waals surface area contributed by atoms with Crippen LogP contribution in [-0.2, 0) is 11.2 Å². The third-order valence-corrected chi connectivity index (χ3v) is 3.31. The summed E-state index contributed by atoms with van der Waals surface area (Å²) in [6, 6.07) is 6.20. The smallest absolute Gasteiger partial charge is 0.331 e. The van der Waals surface area contributed by atoms with E-state index < -0.39 is 17.9 Å². The molecule has 0 spiro atoms. The van der Waals surface area contributed by atoms with Gasteiger partial charge in [-0.15, -0.1) is 10.2 Å². The molecule has 1 aliphatic rings. The molecule has 2 heterocycles. The maximum Gasteiger partial charge on any atom is 0.331 e. The molecule has 8 nitrogen and oxygen atoms in total. The van der Waals surface area contributed by atoms with Gasteiger partial charge in [-0.3, -0.25) is 4.79 Å². The molecular weight excluding hydrogens is 262 g/mol. The molecule has 1 aliphatic heterocycles. The van der Waals surface area contributed by atoms with Gasteiger partial charge in [-0.05, 0) is 22.8 Å². The Morgan fingerprint density at radius 3 is 2.85 bits per heavy atom. The SMILES string of the molecule is O=C(O)C1c2ccccc2CCN1C(=O)c1nn[nH]n1. The number of aromatic nitrogens is 4. The molecular formula is C12H11N5O3. The van der Waals surface area contributed by atoms with Gasteiger partial charge >= 0.3 is 5.97 Å². The molecule has 1 atom stereocenters. The molecule has 1 aromatic carbocycles. The van der Waals surface area contributed by atoms with Gasteiger partial charge in [0.2, 0.25) is 0 Å². The third kappa shape index (κ3) is 1.91. The number of hydrogen-bond acceptors (Lipinski definition) is 5. The number of tetrazole rings is 1. The second-order valence-electron chi connectivity index (χ2n) is 4.42. The van der Waals surface area contributed by atoms with Crippen LogP contribution in [0.25, 0.3) is 0 Å². The van der Waals surface area contributed by atoms with Crippen molar-refractivity contribution < 1.29 is 14.7 Å². The lowest BCUT2D eigenvalue weighted by molar-refractivity contribution is -0.143. The second kappa shape index (κ2) is 4.72. The number of aliphatic carboxylic acids is 1. The van der Waals surface area contributed by atoms with Gasteiger partial charge in [0.25, 0.3) is 11.7 Å². The molecule has 1 amide bonds. The van der Waals surface area contributed by atoms with Crippen LogP contribution in [0.1, 0.15) is 27.8 Å². The van der Waals surface area contributed by atoms with Crippen LogP contribution in [0.3, 0.4) is 0 Å². The van der Waals surface area contributed by atoms with Gasteiger partial charge in [0.05, 0.1) is 0 Å². The number of hydrogen-bond donors (Lipinski definition) is 2. The molecule has 102 valence electrons. The number of benzene rings is 1. The standard InChI is InChI=1S/C12H11N5O3/c18-11(10-13-15-16-14-10)17-6-5-7-3-1-2-4-8(7)9(17)12(19)20/h1-4,9H,5-6H2,(H,19,20)(H,13,14,15,16). The van der Waals surface area contributed by atoms with Crippen LogP contribution in [-0.4, -0.2) is 49.1 Å². The van der Waals surface area contributed by atoms with Crippen molar-refractivity contribution in [2.24, 2.45) is 0 Å². The van der Waals surface area contributed by atoms with Gasteiger partial charge in [-0.1, -0.05) is 24.3 Å². The van der Waals surface area contributed by atoms with E-state index >= 15 is 0 Å². The number of amides is 1. The Hall–Kier alpha value is -2.77. The Morgan fingerprint density at radius 2 is 2.15 bits per heavy atom. The van der Waals surface area contributed by atoms with E-state index in [0.29, 0.717) is 18.5 Å². The highest BCUT2D eigenvalue weighted by Gasteiger charge is 2.37. The van der Waals surface area contributed by atoms with Crippen molar-refractivity contribution >= 4 is 11.9 Å². The quantitative estimate of drug-likeness (QED) is 0.798. The number of carboxylic acid groups (broad SMARTS) is 1. The molecule has 0 saturated heterocycles. The van der Waals surface area contributed by atoms with Crippen LogP contribution in [0, 0.1) is 0 Å². The first kappa shape index (κ1) is 12.3. The average Bonchev–Trinajstić information content (AvgIpc) is 2.99. The van der Waals surface area contributed by atoms with E-state index in [4.69, 9.17) is 0 Å². The normalized spacial score (nSPS) is 17.6. The molecule has 0 bridgehead atoms. The first-order chi connectivity index (χ1) is 9.68. The third-order valence-electron chi connectivity index (χ3n) is 3.31. The lowest BCUT2D eigenvalue weighted by Crippen LogP contribution is -2.43. The molecule has 2 aromatic rings. The topological polar surface area (TPSA) is 112 Å². The predicted octanol–water partition coefficient (Wildman–Crippen LogP) is 0.0239. The summed E-state index contributed by atoms with van der Waals surface area (Å²) < 4.78 is 0. The minimum Gasteiger partial charge on any atom is -0.479 e. The Labute approximate surface area is 113 Å². The van der Waals surface area contributed by atoms with E-state index in [1.54, 1.807) is 12.1 Å². The van der Waals surface area contributed by atoms with Crippen molar-refractivity contribution in [2.45, 2.75) is 12.5 Å². The van der Waals surface area contributed by atoms with Crippen molar-refractivity contribution in [3.63, 3.8) is 0 Å². The number of fused-ring (bicyclic) bond motifs is 1. The molecule has 2 N–H and O–H groups in total. The zero-order chi connectivity index (χ0) is 14.1. The van der Waals surface area contributed by atoms with Crippen molar-refractivity contribution in [3.05, 3.63) is 41.2 Å². The second-order valence-corrected chi connectivity index (χ2v) is 4.42. The maximum atomic E-state index is 12.3.